The Bertz CT molecular complexity index is 1270. The Hall–Kier alpha value is -4.64. The van der Waals surface area contributed by atoms with Crippen molar-refractivity contribution in [3.05, 3.63) is 78.8 Å². The number of pyridine rings is 2. The van der Waals surface area contributed by atoms with E-state index in [-0.39, 0.29) is 6.03 Å². The fourth-order valence-corrected chi connectivity index (χ4v) is 2.96. The number of benzene rings is 2. The van der Waals surface area contributed by atoms with Gasteiger partial charge in [0.25, 0.3) is 0 Å². The molecule has 0 unspecified atom stereocenters. The molecule has 2 amide bonds. The van der Waals surface area contributed by atoms with Crippen LogP contribution in [0.1, 0.15) is 5.56 Å². The molecule has 0 atom stereocenters. The molecular formula is C23H17N5O3. The fraction of sp³-hybridized carbons (Fsp3) is 0.0435. The zero-order valence-electron chi connectivity index (χ0n) is 16.5. The molecule has 0 saturated heterocycles. The van der Waals surface area contributed by atoms with Crippen LogP contribution in [0.5, 0.6) is 17.2 Å². The summed E-state index contributed by atoms with van der Waals surface area (Å²) < 4.78 is 11.2. The Labute approximate surface area is 178 Å². The first-order valence-corrected chi connectivity index (χ1v) is 9.29. The van der Waals surface area contributed by atoms with E-state index in [2.05, 4.69) is 26.7 Å². The third-order valence-corrected chi connectivity index (χ3v) is 4.42. The Morgan fingerprint density at radius 1 is 0.935 bits per heavy atom. The van der Waals surface area contributed by atoms with E-state index < -0.39 is 0 Å². The molecule has 0 bridgehead atoms. The van der Waals surface area contributed by atoms with E-state index in [0.29, 0.717) is 45.1 Å². The minimum Gasteiger partial charge on any atom is -0.495 e. The zero-order valence-corrected chi connectivity index (χ0v) is 16.5. The van der Waals surface area contributed by atoms with Gasteiger partial charge in [-0.15, -0.1) is 0 Å². The summed E-state index contributed by atoms with van der Waals surface area (Å²) >= 11 is 0. The number of ether oxygens (including phenoxy) is 2. The number of nitrogens with one attached hydrogen (secondary N) is 2. The molecule has 4 rings (SSSR count). The molecule has 8 heteroatoms. The van der Waals surface area contributed by atoms with E-state index in [1.807, 2.05) is 0 Å². The predicted molar refractivity (Wildman–Crippen MR) is 116 cm³/mol. The Balaban J connectivity index is 1.49. The van der Waals surface area contributed by atoms with Crippen molar-refractivity contribution in [2.75, 3.05) is 17.7 Å². The number of hydrogen-bond acceptors (Lipinski definition) is 6. The maximum atomic E-state index is 12.1. The van der Waals surface area contributed by atoms with Gasteiger partial charge in [-0.3, -0.25) is 9.97 Å². The molecule has 0 aliphatic carbocycles. The number of nitriles is 1. The molecule has 0 spiro atoms. The van der Waals surface area contributed by atoms with Crippen LogP contribution < -0.4 is 20.1 Å². The van der Waals surface area contributed by atoms with Crippen molar-refractivity contribution in [3.8, 4) is 23.3 Å². The van der Waals surface area contributed by atoms with Gasteiger partial charge in [-0.1, -0.05) is 0 Å². The van der Waals surface area contributed by atoms with Gasteiger partial charge in [0.05, 0.1) is 18.2 Å². The quantitative estimate of drug-likeness (QED) is 0.481. The number of anilines is 2. The summed E-state index contributed by atoms with van der Waals surface area (Å²) in [7, 11) is 1.51. The highest BCUT2D eigenvalue weighted by Crippen LogP contribution is 2.33. The van der Waals surface area contributed by atoms with Gasteiger partial charge in [0.2, 0.25) is 0 Å². The van der Waals surface area contributed by atoms with Crippen LogP contribution in [0.15, 0.2) is 73.2 Å². The second kappa shape index (κ2) is 8.80. The lowest BCUT2D eigenvalue weighted by Crippen LogP contribution is -2.19. The lowest BCUT2D eigenvalue weighted by atomic mass is 10.1. The topological polar surface area (TPSA) is 109 Å². The number of aromatic nitrogens is 2. The molecule has 2 N–H and O–H groups in total. The average molecular weight is 411 g/mol. The average Bonchev–Trinajstić information content (AvgIpc) is 2.80. The number of fused-ring (bicyclic) bond motifs is 1. The third-order valence-electron chi connectivity index (χ3n) is 4.42. The Kier molecular flexibility index (Phi) is 5.58. The number of methoxy groups -OCH3 is 1. The Morgan fingerprint density at radius 3 is 2.32 bits per heavy atom. The maximum Gasteiger partial charge on any atom is 0.323 e. The summed E-state index contributed by atoms with van der Waals surface area (Å²) in [5, 5.41) is 15.5. The van der Waals surface area contributed by atoms with Crippen molar-refractivity contribution in [1.29, 1.82) is 5.26 Å². The summed E-state index contributed by atoms with van der Waals surface area (Å²) in [6.07, 6.45) is 4.82. The van der Waals surface area contributed by atoms with Crippen molar-refractivity contribution < 1.29 is 14.3 Å². The highest BCUT2D eigenvalue weighted by Gasteiger charge is 2.11. The van der Waals surface area contributed by atoms with Crippen LogP contribution in [0.3, 0.4) is 0 Å². The fourth-order valence-electron chi connectivity index (χ4n) is 2.96. The molecule has 0 saturated carbocycles. The third kappa shape index (κ3) is 4.52. The van der Waals surface area contributed by atoms with E-state index in [0.717, 1.165) is 0 Å². The first-order valence-electron chi connectivity index (χ1n) is 9.29. The van der Waals surface area contributed by atoms with Gasteiger partial charge < -0.3 is 20.1 Å². The minimum atomic E-state index is -0.363. The summed E-state index contributed by atoms with van der Waals surface area (Å²) in [6, 6.07) is 17.2. The van der Waals surface area contributed by atoms with E-state index in [1.54, 1.807) is 73.2 Å². The first-order chi connectivity index (χ1) is 15.2. The van der Waals surface area contributed by atoms with Crippen LogP contribution in [0.4, 0.5) is 16.2 Å². The van der Waals surface area contributed by atoms with Crippen LogP contribution in [0, 0.1) is 11.3 Å². The minimum absolute atomic E-state index is 0.363. The number of nitrogens with zero attached hydrogens (tertiary/aromatic N) is 3. The van der Waals surface area contributed by atoms with Crippen molar-refractivity contribution >= 4 is 28.3 Å². The normalized spacial score (nSPS) is 10.2. The largest absolute Gasteiger partial charge is 0.495 e. The predicted octanol–water partition coefficient (Wildman–Crippen LogP) is 4.95. The number of amides is 2. The smallest absolute Gasteiger partial charge is 0.323 e. The second-order valence-corrected chi connectivity index (χ2v) is 6.43. The zero-order chi connectivity index (χ0) is 21.6. The standard InChI is InChI=1S/C23H17N5O3/c1-30-22-13-20-19(12-15(22)14-24)21(8-11-26-20)31-18-4-2-16(3-5-18)27-23(29)28-17-6-9-25-10-7-17/h2-13H,1H3,(H2,25,27,28,29). The molecule has 8 nitrogen and oxygen atoms in total. The van der Waals surface area contributed by atoms with E-state index in [1.165, 1.54) is 7.11 Å². The molecule has 0 aliphatic rings. The van der Waals surface area contributed by atoms with Crippen LogP contribution >= 0.6 is 0 Å². The van der Waals surface area contributed by atoms with Crippen LogP contribution in [0.2, 0.25) is 0 Å². The molecule has 2 heterocycles. The van der Waals surface area contributed by atoms with Crippen molar-refractivity contribution in [3.63, 3.8) is 0 Å². The number of carbonyl (C=O) groups is 1. The monoisotopic (exact) mass is 411 g/mol. The van der Waals surface area contributed by atoms with Crippen LogP contribution in [-0.2, 0) is 0 Å². The number of rotatable bonds is 5. The maximum absolute atomic E-state index is 12.1. The van der Waals surface area contributed by atoms with Gasteiger partial charge >= 0.3 is 6.03 Å². The lowest BCUT2D eigenvalue weighted by Gasteiger charge is -2.11. The molecule has 2 aromatic carbocycles. The van der Waals surface area contributed by atoms with Gasteiger partial charge in [-0.2, -0.15) is 5.26 Å². The molecule has 0 aliphatic heterocycles. The number of carbonyl (C=O) groups excluding carboxylic acids is 1. The molecule has 0 radical (unpaired) electrons. The highest BCUT2D eigenvalue weighted by molar-refractivity contribution is 5.99. The van der Waals surface area contributed by atoms with Gasteiger partial charge in [0.1, 0.15) is 23.3 Å². The van der Waals surface area contributed by atoms with Crippen molar-refractivity contribution in [1.82, 2.24) is 9.97 Å². The van der Waals surface area contributed by atoms with E-state index in [9.17, 15) is 10.1 Å². The molecule has 152 valence electrons. The summed E-state index contributed by atoms with van der Waals surface area (Å²) in [5.41, 5.74) is 2.30. The summed E-state index contributed by atoms with van der Waals surface area (Å²) in [6.45, 7) is 0. The van der Waals surface area contributed by atoms with E-state index >= 15 is 0 Å². The first kappa shape index (κ1) is 19.7. The molecule has 4 aromatic rings. The highest BCUT2D eigenvalue weighted by atomic mass is 16.5. The Morgan fingerprint density at radius 2 is 1.65 bits per heavy atom. The molecular weight excluding hydrogens is 394 g/mol. The summed E-state index contributed by atoms with van der Waals surface area (Å²) in [5.74, 6) is 1.59. The lowest BCUT2D eigenvalue weighted by molar-refractivity contribution is 0.262. The second-order valence-electron chi connectivity index (χ2n) is 6.43. The van der Waals surface area contributed by atoms with E-state index in [4.69, 9.17) is 9.47 Å². The van der Waals surface area contributed by atoms with Crippen molar-refractivity contribution in [2.45, 2.75) is 0 Å². The SMILES string of the molecule is COc1cc2nccc(Oc3ccc(NC(=O)Nc4ccncc4)cc3)c2cc1C#N. The van der Waals surface area contributed by atoms with Gasteiger partial charge in [0.15, 0.2) is 0 Å². The molecule has 0 fully saturated rings. The molecule has 31 heavy (non-hydrogen) atoms. The van der Waals surface area contributed by atoms with Gasteiger partial charge in [0, 0.05) is 41.4 Å². The van der Waals surface area contributed by atoms with Crippen LogP contribution in [0.25, 0.3) is 10.9 Å². The summed E-state index contributed by atoms with van der Waals surface area (Å²) in [4.78, 5) is 20.3. The van der Waals surface area contributed by atoms with Gasteiger partial charge in [-0.05, 0) is 48.5 Å². The molecule has 2 aromatic heterocycles. The van der Waals surface area contributed by atoms with Crippen molar-refractivity contribution in [2.24, 2.45) is 0 Å². The van der Waals surface area contributed by atoms with Crippen LogP contribution in [-0.4, -0.2) is 23.1 Å². The number of urea groups is 1. The number of hydrogen-bond donors (Lipinski definition) is 2. The van der Waals surface area contributed by atoms with Gasteiger partial charge in [-0.25, -0.2) is 4.79 Å².